The molecule has 0 radical (unpaired) electrons. The lowest BCUT2D eigenvalue weighted by molar-refractivity contribution is -0.134. The Labute approximate surface area is 214 Å². The maximum atomic E-state index is 12.2. The minimum atomic E-state index is -0.302. The molecule has 1 fully saturated rings. The first-order valence-corrected chi connectivity index (χ1v) is 12.0. The van der Waals surface area contributed by atoms with Crippen molar-refractivity contribution in [2.75, 3.05) is 30.8 Å². The molecule has 2 amide bonds. The number of aromatic nitrogens is 2. The van der Waals surface area contributed by atoms with Gasteiger partial charge < -0.3 is 16.0 Å². The Morgan fingerprint density at radius 1 is 1.08 bits per heavy atom. The molecule has 36 heavy (non-hydrogen) atoms. The highest BCUT2D eigenvalue weighted by molar-refractivity contribution is 6.33. The number of anilines is 4. The third-order valence-corrected chi connectivity index (χ3v) is 6.36. The second-order valence-corrected chi connectivity index (χ2v) is 8.90. The Morgan fingerprint density at radius 3 is 2.50 bits per heavy atom. The fourth-order valence-corrected chi connectivity index (χ4v) is 4.23. The zero-order valence-corrected chi connectivity index (χ0v) is 20.5. The summed E-state index contributed by atoms with van der Waals surface area (Å²) in [5.41, 5.74) is 4.77. The van der Waals surface area contributed by atoms with Crippen LogP contribution in [-0.4, -0.2) is 52.0 Å². The molecule has 11 heteroatoms. The molecule has 1 saturated heterocycles. The molecule has 1 aromatic heterocycles. The molecule has 2 heterocycles. The number of hydrogen-bond donors (Lipinski definition) is 5. The third-order valence-electron chi connectivity index (χ3n) is 6.08. The summed E-state index contributed by atoms with van der Waals surface area (Å²) in [6, 6.07) is 15.1. The number of carbonyl (C=O) groups is 2. The molecule has 0 aliphatic carbocycles. The van der Waals surface area contributed by atoms with Crippen LogP contribution in [0.4, 0.5) is 23.1 Å². The molecule has 0 saturated carbocycles. The molecule has 10 nitrogen and oxygen atoms in total. The highest BCUT2D eigenvalue weighted by atomic mass is 35.5. The Kier molecular flexibility index (Phi) is 8.32. The van der Waals surface area contributed by atoms with E-state index in [1.54, 1.807) is 30.7 Å². The largest absolute Gasteiger partial charge is 0.355 e. The number of hydroxylamine groups is 1. The molecular formula is C25H28ClN7O3. The number of nitrogens with zero attached hydrogens (tertiary/aromatic N) is 3. The number of halogens is 1. The highest BCUT2D eigenvalue weighted by Gasteiger charge is 2.24. The zero-order chi connectivity index (χ0) is 25.5. The summed E-state index contributed by atoms with van der Waals surface area (Å²) >= 11 is 6.31. The molecule has 4 rings (SSSR count). The van der Waals surface area contributed by atoms with Crippen LogP contribution in [0.3, 0.4) is 0 Å². The number of benzene rings is 2. The van der Waals surface area contributed by atoms with Gasteiger partial charge in [0.1, 0.15) is 5.02 Å². The fraction of sp³-hybridized carbons (Fsp3) is 0.280. The molecule has 0 spiro atoms. The number of nitrogens with one attached hydrogen (secondary N) is 4. The van der Waals surface area contributed by atoms with Crippen molar-refractivity contribution >= 4 is 46.6 Å². The van der Waals surface area contributed by atoms with Crippen molar-refractivity contribution in [1.29, 1.82) is 0 Å². The lowest BCUT2D eigenvalue weighted by atomic mass is 9.96. The summed E-state index contributed by atoms with van der Waals surface area (Å²) in [6.07, 6.45) is 2.95. The van der Waals surface area contributed by atoms with E-state index in [-0.39, 0.29) is 17.7 Å². The first-order valence-electron chi connectivity index (χ1n) is 11.6. The van der Waals surface area contributed by atoms with Crippen LogP contribution in [0.15, 0.2) is 54.7 Å². The van der Waals surface area contributed by atoms with Crippen LogP contribution in [0.5, 0.6) is 0 Å². The van der Waals surface area contributed by atoms with E-state index in [0.29, 0.717) is 28.0 Å². The van der Waals surface area contributed by atoms with E-state index in [1.165, 1.54) is 6.20 Å². The van der Waals surface area contributed by atoms with Crippen molar-refractivity contribution in [3.05, 3.63) is 70.9 Å². The van der Waals surface area contributed by atoms with Crippen LogP contribution in [0.1, 0.15) is 28.8 Å². The highest BCUT2D eigenvalue weighted by Crippen LogP contribution is 2.27. The normalized spacial score (nSPS) is 14.2. The van der Waals surface area contributed by atoms with E-state index >= 15 is 0 Å². The van der Waals surface area contributed by atoms with Gasteiger partial charge in [-0.15, -0.1) is 0 Å². The number of rotatable bonds is 8. The first-order chi connectivity index (χ1) is 17.5. The van der Waals surface area contributed by atoms with Crippen LogP contribution < -0.4 is 21.4 Å². The minimum Gasteiger partial charge on any atom is -0.355 e. The lowest BCUT2D eigenvalue weighted by Gasteiger charge is -2.30. The summed E-state index contributed by atoms with van der Waals surface area (Å²) in [6.45, 7) is 2.38. The number of amides is 2. The van der Waals surface area contributed by atoms with Gasteiger partial charge in [0.2, 0.25) is 11.9 Å². The van der Waals surface area contributed by atoms with E-state index in [4.69, 9.17) is 16.8 Å². The van der Waals surface area contributed by atoms with Crippen LogP contribution in [0.25, 0.3) is 0 Å². The summed E-state index contributed by atoms with van der Waals surface area (Å²) < 4.78 is 0. The molecule has 5 N–H and O–H groups in total. The van der Waals surface area contributed by atoms with E-state index in [2.05, 4.69) is 30.8 Å². The second kappa shape index (κ2) is 11.8. The molecule has 2 aromatic carbocycles. The lowest BCUT2D eigenvalue weighted by Crippen LogP contribution is -2.39. The Bertz CT molecular complexity index is 1210. The van der Waals surface area contributed by atoms with Gasteiger partial charge in [0.05, 0.1) is 17.4 Å². The van der Waals surface area contributed by atoms with Gasteiger partial charge in [0.15, 0.2) is 5.82 Å². The van der Waals surface area contributed by atoms with Crippen LogP contribution in [-0.2, 0) is 11.3 Å². The second-order valence-electron chi connectivity index (χ2n) is 8.49. The summed E-state index contributed by atoms with van der Waals surface area (Å²) in [5, 5.41) is 18.0. The Balaban J connectivity index is 1.38. The number of hydrogen-bond acceptors (Lipinski definition) is 8. The smallest absolute Gasteiger partial charge is 0.253 e. The Morgan fingerprint density at radius 2 is 1.81 bits per heavy atom. The fourth-order valence-electron chi connectivity index (χ4n) is 4.09. The Hall–Kier alpha value is -3.73. The number of para-hydroxylation sites is 1. The van der Waals surface area contributed by atoms with Crippen molar-refractivity contribution in [3.8, 4) is 0 Å². The van der Waals surface area contributed by atoms with Crippen LogP contribution >= 0.6 is 11.6 Å². The van der Waals surface area contributed by atoms with E-state index in [1.807, 2.05) is 30.3 Å². The van der Waals surface area contributed by atoms with E-state index < -0.39 is 0 Å². The van der Waals surface area contributed by atoms with E-state index in [0.717, 1.165) is 43.7 Å². The minimum absolute atomic E-state index is 0.131. The molecule has 3 aromatic rings. The van der Waals surface area contributed by atoms with Gasteiger partial charge in [0.25, 0.3) is 5.91 Å². The van der Waals surface area contributed by atoms with Gasteiger partial charge in [-0.1, -0.05) is 35.9 Å². The summed E-state index contributed by atoms with van der Waals surface area (Å²) in [7, 11) is 1.57. The van der Waals surface area contributed by atoms with Gasteiger partial charge in [-0.25, -0.2) is 10.5 Å². The average molecular weight is 510 g/mol. The quantitative estimate of drug-likeness (QED) is 0.229. The molecule has 1 aliphatic heterocycles. The monoisotopic (exact) mass is 509 g/mol. The third kappa shape index (κ3) is 6.28. The van der Waals surface area contributed by atoms with Crippen LogP contribution in [0, 0.1) is 5.92 Å². The van der Waals surface area contributed by atoms with Gasteiger partial charge in [0, 0.05) is 25.2 Å². The number of piperidine rings is 1. The predicted octanol–water partition coefficient (Wildman–Crippen LogP) is 3.69. The molecule has 188 valence electrons. The van der Waals surface area contributed by atoms with Crippen molar-refractivity contribution < 1.29 is 14.8 Å². The van der Waals surface area contributed by atoms with Gasteiger partial charge in [-0.05, 0) is 55.8 Å². The molecule has 0 bridgehead atoms. The standard InChI is InChI=1S/C25H28ClN7O3/c1-27-24(35)19-4-2-3-5-21(19)30-22-20(26)14-28-25(31-22)29-18-8-6-16(7-9-18)15-33-12-10-17(11-13-33)23(34)32-36/h2-9,14,17,36H,10-13,15H2,1H3,(H,27,35)(H,32,34)(H2,28,29,30,31). The van der Waals surface area contributed by atoms with Gasteiger partial charge in [-0.2, -0.15) is 4.98 Å². The zero-order valence-electron chi connectivity index (χ0n) is 19.8. The topological polar surface area (TPSA) is 132 Å². The van der Waals surface area contributed by atoms with Gasteiger partial charge in [-0.3, -0.25) is 19.7 Å². The molecule has 0 atom stereocenters. The first kappa shape index (κ1) is 25.4. The average Bonchev–Trinajstić information content (AvgIpc) is 2.91. The van der Waals surface area contributed by atoms with Crippen molar-refractivity contribution in [1.82, 2.24) is 25.7 Å². The number of carbonyl (C=O) groups excluding carboxylic acids is 2. The number of likely N-dealkylation sites (tertiary alicyclic amines) is 1. The molecular weight excluding hydrogens is 482 g/mol. The molecule has 0 unspecified atom stereocenters. The maximum Gasteiger partial charge on any atom is 0.253 e. The maximum absolute atomic E-state index is 12.2. The predicted molar refractivity (Wildman–Crippen MR) is 138 cm³/mol. The molecule has 1 aliphatic rings. The summed E-state index contributed by atoms with van der Waals surface area (Å²) in [5.74, 6) is 0.0795. The van der Waals surface area contributed by atoms with Gasteiger partial charge >= 0.3 is 0 Å². The van der Waals surface area contributed by atoms with Crippen molar-refractivity contribution in [2.45, 2.75) is 19.4 Å². The van der Waals surface area contributed by atoms with E-state index in [9.17, 15) is 9.59 Å². The van der Waals surface area contributed by atoms with Crippen molar-refractivity contribution in [3.63, 3.8) is 0 Å². The summed E-state index contributed by atoms with van der Waals surface area (Å²) in [4.78, 5) is 34.8. The van der Waals surface area contributed by atoms with Crippen LogP contribution in [0.2, 0.25) is 5.02 Å². The van der Waals surface area contributed by atoms with Crippen molar-refractivity contribution in [2.24, 2.45) is 5.92 Å². The SMILES string of the molecule is CNC(=O)c1ccccc1Nc1nc(Nc2ccc(CN3CCC(C(=O)NO)CC3)cc2)ncc1Cl.